The number of fused-ring (bicyclic) bond motifs is 1. The second-order valence-corrected chi connectivity index (χ2v) is 5.99. The van der Waals surface area contributed by atoms with Crippen molar-refractivity contribution in [2.24, 2.45) is 0 Å². The minimum absolute atomic E-state index is 0.140. The van der Waals surface area contributed by atoms with Gasteiger partial charge < -0.3 is 10.0 Å². The summed E-state index contributed by atoms with van der Waals surface area (Å²) in [6.45, 7) is 0.386. The summed E-state index contributed by atoms with van der Waals surface area (Å²) < 4.78 is 14.7. The van der Waals surface area contributed by atoms with E-state index in [2.05, 4.69) is 4.98 Å². The Morgan fingerprint density at radius 1 is 1.17 bits per heavy atom. The van der Waals surface area contributed by atoms with Crippen molar-refractivity contribution in [1.29, 1.82) is 0 Å². The predicted octanol–water partition coefficient (Wildman–Crippen LogP) is 2.15. The molecule has 24 heavy (non-hydrogen) atoms. The number of hydrogen-bond acceptors (Lipinski definition) is 4. The average molecular weight is 325 g/mol. The maximum absolute atomic E-state index is 13.2. The summed E-state index contributed by atoms with van der Waals surface area (Å²) in [5, 5.41) is 10.1. The number of benzene rings is 1. The second-order valence-electron chi connectivity index (χ2n) is 5.99. The third-order valence-electron chi connectivity index (χ3n) is 4.39. The molecule has 1 aromatic carbocycles. The number of rotatable bonds is 2. The van der Waals surface area contributed by atoms with Crippen LogP contribution in [0.15, 0.2) is 59.5 Å². The van der Waals surface area contributed by atoms with Gasteiger partial charge in [0.1, 0.15) is 17.3 Å². The number of nitrogens with zero attached hydrogens (tertiary/aromatic N) is 3. The molecule has 1 aliphatic rings. The Balaban J connectivity index is 1.79. The molecule has 0 radical (unpaired) electrons. The molecule has 1 N–H and O–H groups in total. The first-order chi connectivity index (χ1) is 11.6. The number of β-amino-alcohol motifs (C(OH)–C–C–N with tert-alkyl or cyclic N) is 1. The van der Waals surface area contributed by atoms with Crippen LogP contribution in [0.4, 0.5) is 10.2 Å². The maximum atomic E-state index is 13.2. The van der Waals surface area contributed by atoms with Gasteiger partial charge in [-0.15, -0.1) is 0 Å². The first kappa shape index (κ1) is 14.8. The Labute approximate surface area is 137 Å². The summed E-state index contributed by atoms with van der Waals surface area (Å²) in [6, 6.07) is 12.9. The largest absolute Gasteiger partial charge is 0.391 e. The Hall–Kier alpha value is -2.73. The quantitative estimate of drug-likeness (QED) is 0.784. The van der Waals surface area contributed by atoms with Gasteiger partial charge in [0, 0.05) is 18.8 Å². The van der Waals surface area contributed by atoms with Crippen LogP contribution in [0.5, 0.6) is 0 Å². The molecular weight excluding hydrogens is 309 g/mol. The third-order valence-corrected chi connectivity index (χ3v) is 4.39. The fourth-order valence-corrected chi connectivity index (χ4v) is 3.26. The van der Waals surface area contributed by atoms with Crippen LogP contribution < -0.4 is 10.5 Å². The number of halogens is 1. The summed E-state index contributed by atoms with van der Waals surface area (Å²) >= 11 is 0. The third kappa shape index (κ3) is 2.55. The molecular formula is C18H16FN3O2. The van der Waals surface area contributed by atoms with E-state index in [9.17, 15) is 14.3 Å². The topological polar surface area (TPSA) is 57.8 Å². The molecule has 1 saturated heterocycles. The summed E-state index contributed by atoms with van der Waals surface area (Å²) in [5.74, 6) is 0.225. The van der Waals surface area contributed by atoms with Crippen molar-refractivity contribution in [3.63, 3.8) is 0 Å². The lowest BCUT2D eigenvalue weighted by molar-refractivity contribution is 0.194. The highest BCUT2D eigenvalue weighted by Gasteiger charge is 2.33. The fraction of sp³-hybridized carbons (Fsp3) is 0.222. The van der Waals surface area contributed by atoms with Gasteiger partial charge in [0.2, 0.25) is 0 Å². The molecule has 1 aliphatic heterocycles. The lowest BCUT2D eigenvalue weighted by Gasteiger charge is -2.25. The van der Waals surface area contributed by atoms with E-state index in [1.807, 2.05) is 11.0 Å². The van der Waals surface area contributed by atoms with Crippen molar-refractivity contribution < 1.29 is 9.50 Å². The monoisotopic (exact) mass is 325 g/mol. The standard InChI is InChI=1S/C18H16FN3O2/c19-13-6-4-12(5-7-13)15-9-14(23)11-22(15)17-10-18(24)21-8-2-1-3-16(21)20-17/h1-8,10,14-15,23H,9,11H2/t14-,15-/m0/s1. The summed E-state index contributed by atoms with van der Waals surface area (Å²) in [7, 11) is 0. The molecule has 5 nitrogen and oxygen atoms in total. The number of pyridine rings is 1. The van der Waals surface area contributed by atoms with Gasteiger partial charge in [-0.1, -0.05) is 18.2 Å². The van der Waals surface area contributed by atoms with Crippen LogP contribution in [-0.4, -0.2) is 27.1 Å². The predicted molar refractivity (Wildman–Crippen MR) is 88.6 cm³/mol. The molecule has 0 unspecified atom stereocenters. The van der Waals surface area contributed by atoms with Gasteiger partial charge >= 0.3 is 0 Å². The minimum atomic E-state index is -0.518. The van der Waals surface area contributed by atoms with Gasteiger partial charge in [-0.25, -0.2) is 9.37 Å². The molecule has 3 aromatic rings. The normalized spacial score (nSPS) is 20.7. The van der Waals surface area contributed by atoms with Crippen LogP contribution in [0.3, 0.4) is 0 Å². The van der Waals surface area contributed by atoms with Crippen molar-refractivity contribution in [1.82, 2.24) is 9.38 Å². The molecule has 6 heteroatoms. The van der Waals surface area contributed by atoms with Crippen LogP contribution in [0.1, 0.15) is 18.0 Å². The zero-order valence-corrected chi connectivity index (χ0v) is 12.8. The van der Waals surface area contributed by atoms with Gasteiger partial charge in [-0.3, -0.25) is 9.20 Å². The lowest BCUT2D eigenvalue weighted by atomic mass is 10.0. The number of aliphatic hydroxyl groups is 1. The number of hydrogen-bond donors (Lipinski definition) is 1. The zero-order valence-electron chi connectivity index (χ0n) is 12.8. The molecule has 4 rings (SSSR count). The molecule has 1 fully saturated rings. The van der Waals surface area contributed by atoms with Gasteiger partial charge in [0.15, 0.2) is 0 Å². The van der Waals surface area contributed by atoms with E-state index >= 15 is 0 Å². The first-order valence-corrected chi connectivity index (χ1v) is 7.80. The number of aromatic nitrogens is 2. The van der Waals surface area contributed by atoms with E-state index in [-0.39, 0.29) is 17.4 Å². The molecule has 3 heterocycles. The molecule has 0 saturated carbocycles. The van der Waals surface area contributed by atoms with Gasteiger partial charge in [0.05, 0.1) is 12.1 Å². The van der Waals surface area contributed by atoms with Crippen molar-refractivity contribution in [3.05, 3.63) is 76.5 Å². The maximum Gasteiger partial charge on any atom is 0.259 e. The van der Waals surface area contributed by atoms with Crippen molar-refractivity contribution in [3.8, 4) is 0 Å². The highest BCUT2D eigenvalue weighted by Crippen LogP contribution is 2.35. The molecule has 0 spiro atoms. The second kappa shape index (κ2) is 5.72. The fourth-order valence-electron chi connectivity index (χ4n) is 3.26. The summed E-state index contributed by atoms with van der Waals surface area (Å²) in [4.78, 5) is 18.8. The highest BCUT2D eigenvalue weighted by atomic mass is 19.1. The molecule has 122 valence electrons. The van der Waals surface area contributed by atoms with E-state index in [0.29, 0.717) is 24.4 Å². The SMILES string of the molecule is O=c1cc(N2C[C@@H](O)C[C@H]2c2ccc(F)cc2)nc2ccccn12. The highest BCUT2D eigenvalue weighted by molar-refractivity contribution is 5.51. The van der Waals surface area contributed by atoms with Crippen LogP contribution in [0.2, 0.25) is 0 Å². The van der Waals surface area contributed by atoms with Crippen LogP contribution in [0, 0.1) is 5.82 Å². The molecule has 2 aromatic heterocycles. The Morgan fingerprint density at radius 2 is 1.96 bits per heavy atom. The van der Waals surface area contributed by atoms with Gasteiger partial charge in [-0.05, 0) is 36.2 Å². The number of aliphatic hydroxyl groups excluding tert-OH is 1. The van der Waals surface area contributed by atoms with Gasteiger partial charge in [0.25, 0.3) is 5.56 Å². The van der Waals surface area contributed by atoms with E-state index in [4.69, 9.17) is 0 Å². The van der Waals surface area contributed by atoms with Crippen molar-refractivity contribution in [2.45, 2.75) is 18.6 Å². The van der Waals surface area contributed by atoms with E-state index < -0.39 is 6.10 Å². The first-order valence-electron chi connectivity index (χ1n) is 7.80. The lowest BCUT2D eigenvalue weighted by Crippen LogP contribution is -2.27. The summed E-state index contributed by atoms with van der Waals surface area (Å²) in [6.07, 6.45) is 1.67. The van der Waals surface area contributed by atoms with Crippen LogP contribution in [-0.2, 0) is 0 Å². The van der Waals surface area contributed by atoms with Crippen LogP contribution in [0.25, 0.3) is 5.65 Å². The number of anilines is 1. The van der Waals surface area contributed by atoms with Gasteiger partial charge in [-0.2, -0.15) is 0 Å². The smallest absolute Gasteiger partial charge is 0.259 e. The van der Waals surface area contributed by atoms with E-state index in [0.717, 1.165) is 5.56 Å². The van der Waals surface area contributed by atoms with Crippen LogP contribution >= 0.6 is 0 Å². The average Bonchev–Trinajstić information content (AvgIpc) is 2.97. The molecule has 0 bridgehead atoms. The molecule has 0 aliphatic carbocycles. The minimum Gasteiger partial charge on any atom is -0.391 e. The van der Waals surface area contributed by atoms with E-state index in [1.165, 1.54) is 22.6 Å². The Morgan fingerprint density at radius 3 is 2.75 bits per heavy atom. The molecule has 0 amide bonds. The molecule has 2 atom stereocenters. The zero-order chi connectivity index (χ0) is 16.7. The Kier molecular flexibility index (Phi) is 3.54. The van der Waals surface area contributed by atoms with Crippen molar-refractivity contribution >= 4 is 11.5 Å². The van der Waals surface area contributed by atoms with Crippen molar-refractivity contribution in [2.75, 3.05) is 11.4 Å². The van der Waals surface area contributed by atoms with E-state index in [1.54, 1.807) is 30.5 Å². The summed E-state index contributed by atoms with van der Waals surface area (Å²) in [5.41, 5.74) is 1.28. The Bertz CT molecular complexity index is 939.